The van der Waals surface area contributed by atoms with Gasteiger partial charge in [-0.15, -0.1) is 0 Å². The Balaban J connectivity index is 2.88. The molecule has 0 aromatic carbocycles. The highest BCUT2D eigenvalue weighted by Gasteiger charge is 2.38. The third-order valence-electron chi connectivity index (χ3n) is 2.66. The minimum Gasteiger partial charge on any atom is -0.384 e. The monoisotopic (exact) mass is 278 g/mol. The molecule has 1 unspecified atom stereocenters. The quantitative estimate of drug-likeness (QED) is 0.775. The van der Waals surface area contributed by atoms with Crippen LogP contribution in [0.25, 0.3) is 0 Å². The van der Waals surface area contributed by atoms with Crippen LogP contribution >= 0.6 is 0 Å². The summed E-state index contributed by atoms with van der Waals surface area (Å²) < 4.78 is 43.3. The molecule has 0 saturated carbocycles. The maximum Gasteiger partial charge on any atom is 0.416 e. The van der Waals surface area contributed by atoms with E-state index in [2.05, 4.69) is 10.3 Å². The largest absolute Gasteiger partial charge is 0.416 e. The van der Waals surface area contributed by atoms with Crippen LogP contribution in [0.1, 0.15) is 18.1 Å². The molecule has 1 atom stereocenters. The van der Waals surface area contributed by atoms with E-state index in [9.17, 15) is 18.3 Å². The second kappa shape index (κ2) is 6.31. The minimum absolute atomic E-state index is 0.0227. The zero-order chi connectivity index (χ0) is 14.5. The first-order chi connectivity index (χ1) is 8.79. The van der Waals surface area contributed by atoms with Crippen molar-refractivity contribution >= 4 is 0 Å². The summed E-state index contributed by atoms with van der Waals surface area (Å²) >= 11 is 0. The molecule has 0 aliphatic rings. The summed E-state index contributed by atoms with van der Waals surface area (Å²) in [6.45, 7) is 2.15. The van der Waals surface area contributed by atoms with Crippen LogP contribution in [0, 0.1) is 0 Å². The van der Waals surface area contributed by atoms with Crippen LogP contribution in [-0.4, -0.2) is 36.9 Å². The molecule has 19 heavy (non-hydrogen) atoms. The lowest BCUT2D eigenvalue weighted by Crippen LogP contribution is -2.38. The van der Waals surface area contributed by atoms with E-state index in [4.69, 9.17) is 4.74 Å². The lowest BCUT2D eigenvalue weighted by Gasteiger charge is -2.27. The van der Waals surface area contributed by atoms with Gasteiger partial charge in [-0.05, 0) is 13.0 Å². The highest BCUT2D eigenvalue weighted by Crippen LogP contribution is 2.35. The number of pyridine rings is 1. The fourth-order valence-corrected chi connectivity index (χ4v) is 1.67. The summed E-state index contributed by atoms with van der Waals surface area (Å²) in [4.78, 5) is 3.66. The number of hydrogen-bond donors (Lipinski definition) is 2. The second-order valence-electron chi connectivity index (χ2n) is 4.36. The van der Waals surface area contributed by atoms with E-state index < -0.39 is 17.3 Å². The van der Waals surface area contributed by atoms with Gasteiger partial charge in [0, 0.05) is 38.2 Å². The zero-order valence-corrected chi connectivity index (χ0v) is 10.8. The summed E-state index contributed by atoms with van der Waals surface area (Å²) in [5.74, 6) is 0. The molecule has 1 aromatic rings. The van der Waals surface area contributed by atoms with Crippen molar-refractivity contribution in [2.45, 2.75) is 18.7 Å². The van der Waals surface area contributed by atoms with Gasteiger partial charge in [0.1, 0.15) is 5.60 Å². The molecule has 0 fully saturated rings. The van der Waals surface area contributed by atoms with Crippen molar-refractivity contribution in [2.24, 2.45) is 0 Å². The number of nitrogens with zero attached hydrogens (tertiary/aromatic N) is 1. The van der Waals surface area contributed by atoms with Crippen LogP contribution in [0.2, 0.25) is 0 Å². The van der Waals surface area contributed by atoms with Gasteiger partial charge in [0.2, 0.25) is 0 Å². The molecule has 0 radical (unpaired) electrons. The maximum atomic E-state index is 12.8. The Labute approximate surface area is 109 Å². The molecule has 0 saturated heterocycles. The van der Waals surface area contributed by atoms with E-state index in [0.29, 0.717) is 13.2 Å². The molecule has 1 rings (SSSR count). The van der Waals surface area contributed by atoms with Gasteiger partial charge >= 0.3 is 6.18 Å². The van der Waals surface area contributed by atoms with Gasteiger partial charge in [0.15, 0.2) is 0 Å². The van der Waals surface area contributed by atoms with Gasteiger partial charge in [0.05, 0.1) is 12.2 Å². The van der Waals surface area contributed by atoms with Crippen LogP contribution in [0.3, 0.4) is 0 Å². The molecule has 1 aromatic heterocycles. The zero-order valence-electron chi connectivity index (χ0n) is 10.8. The molecule has 1 heterocycles. The van der Waals surface area contributed by atoms with Crippen LogP contribution in [0.5, 0.6) is 0 Å². The number of nitrogens with one attached hydrogen (secondary N) is 1. The molecule has 0 spiro atoms. The standard InChI is InChI=1S/C12H17F3N2O2/c1-11(18,8-17-5-6-19-2)10-7-16-4-3-9(10)12(13,14)15/h3-4,7,17-18H,5-6,8H2,1-2H3. The SMILES string of the molecule is COCCNCC(C)(O)c1cnccc1C(F)(F)F. The van der Waals surface area contributed by atoms with Gasteiger partial charge in [-0.3, -0.25) is 4.98 Å². The first-order valence-electron chi connectivity index (χ1n) is 5.73. The number of alkyl halides is 3. The topological polar surface area (TPSA) is 54.4 Å². The average molecular weight is 278 g/mol. The third-order valence-corrected chi connectivity index (χ3v) is 2.66. The van der Waals surface area contributed by atoms with Crippen LogP contribution < -0.4 is 5.32 Å². The summed E-state index contributed by atoms with van der Waals surface area (Å²) in [7, 11) is 1.52. The number of hydrogen-bond acceptors (Lipinski definition) is 4. The van der Waals surface area contributed by atoms with E-state index in [-0.39, 0.29) is 12.1 Å². The van der Waals surface area contributed by atoms with E-state index in [1.54, 1.807) is 0 Å². The Hall–Kier alpha value is -1.18. The second-order valence-corrected chi connectivity index (χ2v) is 4.36. The van der Waals surface area contributed by atoms with Crippen molar-refractivity contribution in [1.29, 1.82) is 0 Å². The van der Waals surface area contributed by atoms with Crippen molar-refractivity contribution in [3.05, 3.63) is 29.6 Å². The van der Waals surface area contributed by atoms with Gasteiger partial charge < -0.3 is 15.2 Å². The van der Waals surface area contributed by atoms with Crippen molar-refractivity contribution in [1.82, 2.24) is 10.3 Å². The first-order valence-corrected chi connectivity index (χ1v) is 5.73. The Morgan fingerprint density at radius 2 is 2.05 bits per heavy atom. The number of rotatable bonds is 6. The van der Waals surface area contributed by atoms with Crippen molar-refractivity contribution in [2.75, 3.05) is 26.8 Å². The Morgan fingerprint density at radius 3 is 2.63 bits per heavy atom. The van der Waals surface area contributed by atoms with Gasteiger partial charge in [-0.2, -0.15) is 13.2 Å². The molecule has 0 bridgehead atoms. The lowest BCUT2D eigenvalue weighted by molar-refractivity contribution is -0.140. The molecule has 4 nitrogen and oxygen atoms in total. The predicted octanol–water partition coefficient (Wildman–Crippen LogP) is 1.54. The average Bonchev–Trinajstić information content (AvgIpc) is 2.34. The van der Waals surface area contributed by atoms with Crippen LogP contribution in [0.15, 0.2) is 18.5 Å². The van der Waals surface area contributed by atoms with E-state index >= 15 is 0 Å². The fourth-order valence-electron chi connectivity index (χ4n) is 1.67. The van der Waals surface area contributed by atoms with Crippen LogP contribution in [-0.2, 0) is 16.5 Å². The first kappa shape index (κ1) is 15.9. The Bertz CT molecular complexity index is 408. The van der Waals surface area contributed by atoms with Crippen molar-refractivity contribution in [3.63, 3.8) is 0 Å². The van der Waals surface area contributed by atoms with E-state index in [1.807, 2.05) is 0 Å². The smallest absolute Gasteiger partial charge is 0.384 e. The third kappa shape index (κ3) is 4.45. The number of halogens is 3. The fraction of sp³-hybridized carbons (Fsp3) is 0.583. The molecule has 7 heteroatoms. The van der Waals surface area contributed by atoms with E-state index in [0.717, 1.165) is 18.5 Å². The number of ether oxygens (including phenoxy) is 1. The number of aliphatic hydroxyl groups is 1. The summed E-state index contributed by atoms with van der Waals surface area (Å²) in [6, 6.07) is 0.860. The highest BCUT2D eigenvalue weighted by molar-refractivity contribution is 5.31. The molecule has 0 aliphatic carbocycles. The number of aromatic nitrogens is 1. The molecule has 0 aliphatic heterocycles. The minimum atomic E-state index is -4.52. The molecule has 108 valence electrons. The molecular weight excluding hydrogens is 261 g/mol. The summed E-state index contributed by atoms with van der Waals surface area (Å²) in [5.41, 5.74) is -2.78. The van der Waals surface area contributed by atoms with E-state index in [1.165, 1.54) is 14.0 Å². The normalized spacial score (nSPS) is 15.3. The van der Waals surface area contributed by atoms with Gasteiger partial charge in [0.25, 0.3) is 0 Å². The summed E-state index contributed by atoms with van der Waals surface area (Å²) in [6.07, 6.45) is -2.42. The molecular formula is C12H17F3N2O2. The highest BCUT2D eigenvalue weighted by atomic mass is 19.4. The van der Waals surface area contributed by atoms with Crippen molar-refractivity contribution in [3.8, 4) is 0 Å². The Morgan fingerprint density at radius 1 is 1.37 bits per heavy atom. The Kier molecular flexibility index (Phi) is 5.28. The maximum absolute atomic E-state index is 12.8. The predicted molar refractivity (Wildman–Crippen MR) is 63.6 cm³/mol. The van der Waals surface area contributed by atoms with Gasteiger partial charge in [-0.25, -0.2) is 0 Å². The van der Waals surface area contributed by atoms with Gasteiger partial charge in [-0.1, -0.05) is 0 Å². The molecule has 2 N–H and O–H groups in total. The summed E-state index contributed by atoms with van der Waals surface area (Å²) in [5, 5.41) is 13.0. The van der Waals surface area contributed by atoms with Crippen molar-refractivity contribution < 1.29 is 23.0 Å². The molecule has 0 amide bonds. The lowest BCUT2D eigenvalue weighted by atomic mass is 9.93. The van der Waals surface area contributed by atoms with Crippen LogP contribution in [0.4, 0.5) is 13.2 Å². The number of methoxy groups -OCH3 is 1.